The van der Waals surface area contributed by atoms with Crippen LogP contribution >= 0.6 is 11.3 Å². The minimum absolute atomic E-state index is 0.0564. The highest BCUT2D eigenvalue weighted by molar-refractivity contribution is 7.90. The zero-order valence-corrected chi connectivity index (χ0v) is 66.9. The van der Waals surface area contributed by atoms with Crippen molar-refractivity contribution < 1.29 is 31.8 Å². The van der Waals surface area contributed by atoms with Crippen LogP contribution in [0.25, 0.3) is 101 Å². The molecule has 0 radical (unpaired) electrons. The molecule has 13 aromatic heterocycles. The van der Waals surface area contributed by atoms with E-state index in [2.05, 4.69) is 71.9 Å². The maximum absolute atomic E-state index is 12.9. The van der Waals surface area contributed by atoms with E-state index in [1.54, 1.807) is 153 Å². The van der Waals surface area contributed by atoms with Crippen molar-refractivity contribution in [1.82, 2.24) is 87.6 Å². The van der Waals surface area contributed by atoms with Crippen molar-refractivity contribution in [1.29, 1.82) is 0 Å². The van der Waals surface area contributed by atoms with E-state index in [4.69, 9.17) is 34.4 Å². The number of aromatic nitrogens is 18. The van der Waals surface area contributed by atoms with Crippen molar-refractivity contribution in [3.05, 3.63) is 293 Å². The van der Waals surface area contributed by atoms with Gasteiger partial charge in [-0.25, -0.2) is 65.4 Å². The van der Waals surface area contributed by atoms with E-state index in [-0.39, 0.29) is 52.6 Å². The Morgan fingerprint density at radius 1 is 0.373 bits per heavy atom. The quantitative estimate of drug-likeness (QED) is 0.0531. The molecule has 602 valence electrons. The molecule has 0 amide bonds. The van der Waals surface area contributed by atoms with Gasteiger partial charge in [0.2, 0.25) is 0 Å². The highest BCUT2D eigenvalue weighted by Gasteiger charge is 2.31. The number of nitrogens with zero attached hydrogens (tertiary/aromatic N) is 18. The molecule has 18 aromatic rings. The number of phenolic OH excluding ortho intramolecular Hbond substituents is 2. The van der Waals surface area contributed by atoms with Crippen LogP contribution in [0.3, 0.4) is 0 Å². The van der Waals surface area contributed by atoms with Gasteiger partial charge in [-0.2, -0.15) is 55.1 Å². The van der Waals surface area contributed by atoms with Crippen LogP contribution in [0.1, 0.15) is 122 Å². The first-order chi connectivity index (χ1) is 56.4. The van der Waals surface area contributed by atoms with Crippen molar-refractivity contribution >= 4 is 55.1 Å². The molecular weight excluding hydrogens is 1540 g/mol. The zero-order chi connectivity index (χ0) is 83.9. The van der Waals surface area contributed by atoms with E-state index >= 15 is 0 Å². The number of fused-ring (bicyclic) bond motifs is 6. The Kier molecular flexibility index (Phi) is 24.8. The van der Waals surface area contributed by atoms with Gasteiger partial charge in [-0.1, -0.05) is 66.7 Å². The van der Waals surface area contributed by atoms with Gasteiger partial charge < -0.3 is 44.6 Å². The number of aryl methyl sites for hydroxylation is 1. The summed E-state index contributed by atoms with van der Waals surface area (Å²) in [5, 5.41) is 50.3. The molecule has 5 aromatic carbocycles. The fourth-order valence-corrected chi connectivity index (χ4v) is 14.1. The lowest BCUT2D eigenvalue weighted by Gasteiger charge is -2.14. The lowest BCUT2D eigenvalue weighted by molar-refractivity contribution is -0.137. The van der Waals surface area contributed by atoms with E-state index in [1.165, 1.54) is 16.8 Å². The topological polar surface area (TPSA) is 412 Å². The van der Waals surface area contributed by atoms with Gasteiger partial charge in [0, 0.05) is 177 Å². The predicted octanol–water partition coefficient (Wildman–Crippen LogP) is 14.7. The van der Waals surface area contributed by atoms with Gasteiger partial charge in [0.1, 0.15) is 11.5 Å². The number of thiophene rings is 1. The number of aromatic hydroxyl groups is 2. The Morgan fingerprint density at radius 2 is 0.712 bits per heavy atom. The highest BCUT2D eigenvalue weighted by Crippen LogP contribution is 2.37. The SMILES string of the molecule is C[C@H](N)c1cc2nccn2nc1-c1ccc(O)cc1.C[C@H](N)c1cc2nccn2nc1-c1cccc(C(F)(F)F)c1.C[C@H](N)c1cc2nccn2nc1-c1cccc(O)c1.C[C@H](N)c1cc2nccn2nc1-c1cccc(S(C)(=O)=O)c1.C[C@H](N)c1cc2nccn2nc1-c1ccsc1.Cc1cn2nc(-c3ccccc3)c([C@H](C)N)cc2n1. The van der Waals surface area contributed by atoms with Crippen molar-refractivity contribution in [2.75, 3.05) is 6.26 Å². The highest BCUT2D eigenvalue weighted by atomic mass is 32.2. The second-order valence-electron chi connectivity index (χ2n) is 28.1. The summed E-state index contributed by atoms with van der Waals surface area (Å²) in [6, 6.07) is 48.3. The van der Waals surface area contributed by atoms with Crippen LogP contribution in [-0.4, -0.2) is 112 Å². The second-order valence-corrected chi connectivity index (χ2v) is 30.9. The third kappa shape index (κ3) is 19.1. The van der Waals surface area contributed by atoms with Crippen LogP contribution < -0.4 is 34.4 Å². The van der Waals surface area contributed by atoms with Gasteiger partial charge in [0.05, 0.1) is 56.5 Å². The smallest absolute Gasteiger partial charge is 0.416 e. The summed E-state index contributed by atoms with van der Waals surface area (Å²) in [5.41, 5.74) is 55.7. The molecular formula is C85H85F3N24O4S2. The molecule has 0 aliphatic heterocycles. The number of halogens is 3. The first kappa shape index (κ1) is 82.6. The normalized spacial score (nSPS) is 13.1. The average Bonchev–Trinajstić information content (AvgIpc) is 1.54. The molecule has 0 aliphatic rings. The van der Waals surface area contributed by atoms with Crippen molar-refractivity contribution in [3.63, 3.8) is 0 Å². The van der Waals surface area contributed by atoms with Crippen LogP contribution in [0.2, 0.25) is 0 Å². The summed E-state index contributed by atoms with van der Waals surface area (Å²) in [6.07, 6.45) is 15.9. The number of nitrogens with two attached hydrogens (primary N) is 6. The fourth-order valence-electron chi connectivity index (χ4n) is 12.8. The summed E-state index contributed by atoms with van der Waals surface area (Å²) in [7, 11) is -3.28. The minimum Gasteiger partial charge on any atom is -0.508 e. The van der Waals surface area contributed by atoms with Gasteiger partial charge in [-0.3, -0.25) is 0 Å². The third-order valence-electron chi connectivity index (χ3n) is 18.7. The number of benzene rings is 5. The standard InChI is InChI=1S/C15H13F3N4.C15H16N4O2S.C15H16N4.2C14H14N4O.C12H12N4S/c1-9(19)12-8-13-20-5-6-22(13)21-14(12)10-3-2-4-11(7-10)15(16,17)18;1-10(16)13-9-14-17-6-7-19(14)18-15(13)11-4-3-5-12(8-11)22(2,20)21;1-10-9-19-14(17-10)8-13(11(2)16)15(18-19)12-6-4-3-5-7-12;1-9(15)12-8-13-16-6-7-18(13)17-14(12)10-2-4-11(19)5-3-10;1-9(15)12-8-13-16-5-6-18(13)17-14(12)10-3-2-4-11(19)7-10;1-8(13)10-6-11-14-3-4-16(11)15-12(10)9-2-5-17-7-9/h2-9H,19H2,1H3;3-10H,16H2,1-2H3;3-9,11H,16H2,1-2H3;2*2-9,19H,15H2,1H3;2-8H,13H2,1H3/t9-;10-;11-;2*9-;8-/m000000/s1. The van der Waals surface area contributed by atoms with E-state index in [0.29, 0.717) is 39.4 Å². The van der Waals surface area contributed by atoms with Crippen LogP contribution in [0.4, 0.5) is 13.2 Å². The van der Waals surface area contributed by atoms with Gasteiger partial charge in [0.25, 0.3) is 0 Å². The first-order valence-electron chi connectivity index (χ1n) is 37.2. The molecule has 6 atom stereocenters. The van der Waals surface area contributed by atoms with Gasteiger partial charge in [-0.15, -0.1) is 0 Å². The number of hydrogen-bond acceptors (Lipinski definition) is 23. The molecule has 13 heterocycles. The van der Waals surface area contributed by atoms with Crippen LogP contribution in [-0.2, 0) is 16.0 Å². The Bertz CT molecular complexity index is 6630. The Morgan fingerprint density at radius 3 is 1.08 bits per heavy atom. The summed E-state index contributed by atoms with van der Waals surface area (Å²) >= 11 is 1.66. The molecule has 0 unspecified atom stereocenters. The number of alkyl halides is 3. The summed E-state index contributed by atoms with van der Waals surface area (Å²) < 4.78 is 72.3. The molecule has 0 saturated heterocycles. The fraction of sp³-hybridized carbons (Fsp3) is 0.176. The molecule has 0 saturated carbocycles. The van der Waals surface area contributed by atoms with Crippen LogP contribution in [0.5, 0.6) is 11.5 Å². The van der Waals surface area contributed by atoms with Crippen LogP contribution in [0.15, 0.2) is 254 Å². The molecule has 28 nitrogen and oxygen atoms in total. The van der Waals surface area contributed by atoms with Gasteiger partial charge in [0.15, 0.2) is 43.7 Å². The molecule has 0 aliphatic carbocycles. The Balaban J connectivity index is 0.000000123. The van der Waals surface area contributed by atoms with Crippen molar-refractivity contribution in [3.8, 4) is 79.0 Å². The lowest BCUT2D eigenvalue weighted by Crippen LogP contribution is -2.10. The molecule has 18 rings (SSSR count). The van der Waals surface area contributed by atoms with E-state index in [9.17, 15) is 31.8 Å². The minimum atomic E-state index is -4.40. The average molecular weight is 1630 g/mol. The molecule has 0 spiro atoms. The summed E-state index contributed by atoms with van der Waals surface area (Å²) in [6.45, 7) is 13.3. The van der Waals surface area contributed by atoms with E-state index < -0.39 is 21.6 Å². The van der Waals surface area contributed by atoms with Gasteiger partial charge in [-0.05, 0) is 157 Å². The van der Waals surface area contributed by atoms with Crippen molar-refractivity contribution in [2.45, 2.75) is 95.8 Å². The molecule has 0 fully saturated rings. The monoisotopic (exact) mass is 1630 g/mol. The Hall–Kier alpha value is -13.4. The molecule has 0 bridgehead atoms. The van der Waals surface area contributed by atoms with E-state index in [1.807, 2.05) is 149 Å². The number of rotatable bonds is 13. The maximum atomic E-state index is 12.9. The third-order valence-corrected chi connectivity index (χ3v) is 20.5. The summed E-state index contributed by atoms with van der Waals surface area (Å²) in [4.78, 5) is 25.7. The van der Waals surface area contributed by atoms with Gasteiger partial charge >= 0.3 is 6.18 Å². The number of sulfone groups is 1. The zero-order valence-electron chi connectivity index (χ0n) is 65.3. The largest absolute Gasteiger partial charge is 0.508 e. The van der Waals surface area contributed by atoms with Crippen LogP contribution in [0, 0.1) is 6.92 Å². The lowest BCUT2D eigenvalue weighted by atomic mass is 10.0. The summed E-state index contributed by atoms with van der Waals surface area (Å²) in [5.74, 6) is 0.440. The Labute approximate surface area is 679 Å². The molecule has 14 N–H and O–H groups in total. The maximum Gasteiger partial charge on any atom is 0.416 e. The predicted molar refractivity (Wildman–Crippen MR) is 450 cm³/mol. The van der Waals surface area contributed by atoms with Crippen molar-refractivity contribution in [2.24, 2.45) is 34.4 Å². The molecule has 118 heavy (non-hydrogen) atoms. The number of phenols is 2. The first-order valence-corrected chi connectivity index (χ1v) is 40.0. The number of imidazole rings is 6. The second kappa shape index (κ2) is 35.4. The van der Waals surface area contributed by atoms with E-state index in [0.717, 1.165) is 113 Å². The number of hydrogen-bond donors (Lipinski definition) is 8. The molecule has 33 heteroatoms.